The van der Waals surface area contributed by atoms with Crippen molar-refractivity contribution in [2.75, 3.05) is 20.1 Å². The monoisotopic (exact) mass is 428 g/mol. The summed E-state index contributed by atoms with van der Waals surface area (Å²) < 4.78 is 0. The zero-order valence-electron chi connectivity index (χ0n) is 17.1. The van der Waals surface area contributed by atoms with Gasteiger partial charge in [-0.2, -0.15) is 0 Å². The molecule has 3 aromatic rings. The molecule has 2 amide bonds. The number of hydrogen-bond acceptors (Lipinski definition) is 3. The van der Waals surface area contributed by atoms with Crippen LogP contribution in [-0.2, 0) is 0 Å². The van der Waals surface area contributed by atoms with Crippen molar-refractivity contribution in [1.29, 1.82) is 0 Å². The van der Waals surface area contributed by atoms with Crippen molar-refractivity contribution in [2.24, 2.45) is 0 Å². The van der Waals surface area contributed by atoms with Crippen LogP contribution in [0, 0.1) is 0 Å². The van der Waals surface area contributed by atoms with Crippen molar-refractivity contribution in [2.45, 2.75) is 6.04 Å². The lowest BCUT2D eigenvalue weighted by molar-refractivity contribution is 0.0636. The molecule has 1 heterocycles. The van der Waals surface area contributed by atoms with Gasteiger partial charge in [0.1, 0.15) is 0 Å². The highest BCUT2D eigenvalue weighted by Gasteiger charge is 2.35. The molecule has 0 aromatic heterocycles. The summed E-state index contributed by atoms with van der Waals surface area (Å²) in [4.78, 5) is 29.0. The molecule has 0 radical (unpaired) electrons. The van der Waals surface area contributed by atoms with Gasteiger partial charge in [-0.05, 0) is 53.6 Å². The van der Waals surface area contributed by atoms with Crippen LogP contribution in [0.25, 0.3) is 12.2 Å². The lowest BCUT2D eigenvalue weighted by Crippen LogP contribution is -2.38. The summed E-state index contributed by atoms with van der Waals surface area (Å²) in [5.41, 5.74) is 5.50. The van der Waals surface area contributed by atoms with Crippen LogP contribution in [0.2, 0.25) is 5.02 Å². The standard InChI is InChI=1S/C26H21ClN2O2/c1-28(14-15-29-25(30)21-8-4-5-9-22(21)26(29)31)24-20-7-3-2-6-17(20)10-11-18-12-13-19(27)16-23(18)24/h2-13,16,24H,14-15H2,1H3/t24-/m1/s1. The number of benzene rings is 3. The van der Waals surface area contributed by atoms with Gasteiger partial charge in [-0.3, -0.25) is 19.4 Å². The summed E-state index contributed by atoms with van der Waals surface area (Å²) in [7, 11) is 2.02. The number of amides is 2. The predicted octanol–water partition coefficient (Wildman–Crippen LogP) is 5.14. The SMILES string of the molecule is CN(CCN1C(=O)c2ccccc2C1=O)[C@@H]1c2ccccc2C=Cc2ccc(Cl)cc21. The van der Waals surface area contributed by atoms with E-state index in [0.717, 1.165) is 16.7 Å². The number of carbonyl (C=O) groups is 2. The molecule has 0 bridgehead atoms. The second-order valence-electron chi connectivity index (χ2n) is 7.93. The molecule has 154 valence electrons. The van der Waals surface area contributed by atoms with Crippen LogP contribution in [-0.4, -0.2) is 41.8 Å². The maximum atomic E-state index is 12.8. The number of fused-ring (bicyclic) bond motifs is 3. The quantitative estimate of drug-likeness (QED) is 0.540. The van der Waals surface area contributed by atoms with E-state index < -0.39 is 0 Å². The second-order valence-corrected chi connectivity index (χ2v) is 8.36. The van der Waals surface area contributed by atoms with E-state index in [0.29, 0.717) is 29.2 Å². The Labute approximate surface area is 186 Å². The van der Waals surface area contributed by atoms with E-state index in [1.165, 1.54) is 10.5 Å². The average molecular weight is 429 g/mol. The Morgan fingerprint density at radius 3 is 2.16 bits per heavy atom. The molecule has 5 heteroatoms. The average Bonchev–Trinajstić information content (AvgIpc) is 2.92. The van der Waals surface area contributed by atoms with Crippen LogP contribution in [0.3, 0.4) is 0 Å². The molecule has 0 saturated heterocycles. The molecule has 3 aromatic carbocycles. The van der Waals surface area contributed by atoms with Crippen LogP contribution in [0.15, 0.2) is 66.7 Å². The molecule has 2 aliphatic rings. The van der Waals surface area contributed by atoms with Gasteiger partial charge in [-0.15, -0.1) is 0 Å². The highest BCUT2D eigenvalue weighted by atomic mass is 35.5. The summed E-state index contributed by atoms with van der Waals surface area (Å²) >= 11 is 6.36. The third kappa shape index (κ3) is 3.38. The second kappa shape index (κ2) is 7.80. The van der Waals surface area contributed by atoms with Crippen LogP contribution in [0.4, 0.5) is 0 Å². The Morgan fingerprint density at radius 2 is 1.45 bits per heavy atom. The van der Waals surface area contributed by atoms with Crippen LogP contribution >= 0.6 is 11.6 Å². The van der Waals surface area contributed by atoms with Crippen LogP contribution in [0.1, 0.15) is 49.0 Å². The first-order valence-corrected chi connectivity index (χ1v) is 10.6. The first kappa shape index (κ1) is 19.7. The molecule has 5 rings (SSSR count). The minimum Gasteiger partial charge on any atom is -0.294 e. The van der Waals surface area contributed by atoms with Crippen LogP contribution < -0.4 is 0 Å². The van der Waals surface area contributed by atoms with E-state index in [9.17, 15) is 9.59 Å². The van der Waals surface area contributed by atoms with Gasteiger partial charge in [0.05, 0.1) is 17.2 Å². The molecule has 1 aliphatic heterocycles. The Kier molecular flexibility index (Phi) is 4.97. The molecule has 0 spiro atoms. The van der Waals surface area contributed by atoms with Crippen molar-refractivity contribution >= 4 is 35.6 Å². The van der Waals surface area contributed by atoms with Crippen molar-refractivity contribution in [3.63, 3.8) is 0 Å². The number of nitrogens with zero attached hydrogens (tertiary/aromatic N) is 2. The van der Waals surface area contributed by atoms with Crippen molar-refractivity contribution in [3.8, 4) is 0 Å². The molecule has 1 atom stereocenters. The highest BCUT2D eigenvalue weighted by molar-refractivity contribution is 6.30. The number of carbonyl (C=O) groups excluding carboxylic acids is 2. The van der Waals surface area contributed by atoms with Gasteiger partial charge in [0.2, 0.25) is 0 Å². The number of halogens is 1. The van der Waals surface area contributed by atoms with E-state index in [2.05, 4.69) is 29.2 Å². The fraction of sp³-hybridized carbons (Fsp3) is 0.154. The zero-order valence-corrected chi connectivity index (χ0v) is 17.8. The molecule has 0 unspecified atom stereocenters. The third-order valence-corrected chi connectivity index (χ3v) is 6.31. The maximum Gasteiger partial charge on any atom is 0.261 e. The fourth-order valence-corrected chi connectivity index (χ4v) is 4.68. The van der Waals surface area contributed by atoms with E-state index in [1.807, 2.05) is 37.4 Å². The molecule has 1 aliphatic carbocycles. The molecule has 31 heavy (non-hydrogen) atoms. The Morgan fingerprint density at radius 1 is 0.839 bits per heavy atom. The maximum absolute atomic E-state index is 12.8. The Bertz CT molecular complexity index is 1200. The van der Waals surface area contributed by atoms with Gasteiger partial charge in [0.15, 0.2) is 0 Å². The zero-order chi connectivity index (χ0) is 21.5. The van der Waals surface area contributed by atoms with E-state index in [4.69, 9.17) is 11.6 Å². The smallest absolute Gasteiger partial charge is 0.261 e. The van der Waals surface area contributed by atoms with E-state index in [1.54, 1.807) is 24.3 Å². The fourth-order valence-electron chi connectivity index (χ4n) is 4.50. The largest absolute Gasteiger partial charge is 0.294 e. The first-order chi connectivity index (χ1) is 15.0. The molecule has 0 N–H and O–H groups in total. The third-order valence-electron chi connectivity index (χ3n) is 6.07. The number of imide groups is 1. The molecule has 4 nitrogen and oxygen atoms in total. The number of hydrogen-bond donors (Lipinski definition) is 0. The Balaban J connectivity index is 1.45. The summed E-state index contributed by atoms with van der Waals surface area (Å²) in [6.45, 7) is 0.862. The lowest BCUT2D eigenvalue weighted by atomic mass is 9.93. The summed E-state index contributed by atoms with van der Waals surface area (Å²) in [5.74, 6) is -0.444. The van der Waals surface area contributed by atoms with Gasteiger partial charge < -0.3 is 0 Å². The topological polar surface area (TPSA) is 40.6 Å². The lowest BCUT2D eigenvalue weighted by Gasteiger charge is -2.31. The predicted molar refractivity (Wildman–Crippen MR) is 123 cm³/mol. The number of likely N-dealkylation sites (N-methyl/N-ethyl adjacent to an activating group) is 1. The molecule has 0 fully saturated rings. The summed E-state index contributed by atoms with van der Waals surface area (Å²) in [6, 6.07) is 21.2. The summed E-state index contributed by atoms with van der Waals surface area (Å²) in [5, 5.41) is 0.685. The molecule has 0 saturated carbocycles. The van der Waals surface area contributed by atoms with Crippen LogP contribution in [0.5, 0.6) is 0 Å². The van der Waals surface area contributed by atoms with E-state index in [-0.39, 0.29) is 17.9 Å². The normalized spacial score (nSPS) is 16.9. The first-order valence-electron chi connectivity index (χ1n) is 10.3. The van der Waals surface area contributed by atoms with Gasteiger partial charge in [0, 0.05) is 18.1 Å². The van der Waals surface area contributed by atoms with Gasteiger partial charge in [-0.25, -0.2) is 0 Å². The molecular weight excluding hydrogens is 408 g/mol. The van der Waals surface area contributed by atoms with E-state index >= 15 is 0 Å². The van der Waals surface area contributed by atoms with Gasteiger partial charge >= 0.3 is 0 Å². The summed E-state index contributed by atoms with van der Waals surface area (Å²) in [6.07, 6.45) is 4.24. The minimum absolute atomic E-state index is 0.0462. The van der Waals surface area contributed by atoms with Crippen molar-refractivity contribution in [3.05, 3.63) is 105 Å². The highest BCUT2D eigenvalue weighted by Crippen LogP contribution is 2.37. The minimum atomic E-state index is -0.222. The van der Waals surface area contributed by atoms with Gasteiger partial charge in [-0.1, -0.05) is 66.2 Å². The molecular formula is C26H21ClN2O2. The van der Waals surface area contributed by atoms with Gasteiger partial charge in [0.25, 0.3) is 11.8 Å². The van der Waals surface area contributed by atoms with Crippen molar-refractivity contribution in [1.82, 2.24) is 9.80 Å². The Hall–Kier alpha value is -3.21. The number of rotatable bonds is 4. The van der Waals surface area contributed by atoms with Crippen molar-refractivity contribution < 1.29 is 9.59 Å².